The molecule has 12 nitrogen and oxygen atoms in total. The van der Waals surface area contributed by atoms with Gasteiger partial charge >= 0.3 is 0 Å². The van der Waals surface area contributed by atoms with Crippen LogP contribution in [0.1, 0.15) is 59.4 Å². The van der Waals surface area contributed by atoms with Gasteiger partial charge < -0.3 is 22.9 Å². The molecule has 12 heteroatoms. The van der Waals surface area contributed by atoms with Crippen molar-refractivity contribution >= 4 is 70.0 Å². The number of amides is 2. The molecule has 2 aliphatic rings. The lowest BCUT2D eigenvalue weighted by Crippen LogP contribution is -2.35. The fraction of sp³-hybridized carbons (Fsp3) is 0.200. The summed E-state index contributed by atoms with van der Waals surface area (Å²) in [5, 5.41) is 0. The van der Waals surface area contributed by atoms with Gasteiger partial charge in [-0.15, -0.1) is 0 Å². The highest BCUT2D eigenvalue weighted by Gasteiger charge is 2.21. The summed E-state index contributed by atoms with van der Waals surface area (Å²) >= 11 is 0. The molecule has 5 heterocycles. The standard InChI is InChI=1S/C30H30N8O4/c31-25(9-11-27(33)39)29(41)37-21-5-6-23(37)15-19-3-4-20(36-19)16-24-8-7-22(14-18-2-1-17(13-21)35-18)38(24)30(42)26(32)10-12-28(34)40/h1-8,13-16,25-26H,9-12,31-32H2,(H2,33,39)(H2,34,40)/t25-,26-/m0/s1/i5D. The van der Waals surface area contributed by atoms with Crippen LogP contribution in [0, 0.1) is 0 Å². The van der Waals surface area contributed by atoms with Gasteiger partial charge in [0, 0.05) is 12.8 Å². The third kappa shape index (κ3) is 6.09. The molecule has 0 fully saturated rings. The number of hydrogen-bond donors (Lipinski definition) is 4. The van der Waals surface area contributed by atoms with E-state index in [0.717, 1.165) is 0 Å². The molecule has 0 saturated carbocycles. The molecule has 0 aromatic carbocycles. The topological polar surface area (TPSA) is 208 Å². The number of primary amides is 2. The molecule has 2 aliphatic heterocycles. The molecular formula is C30H30N8O4. The summed E-state index contributed by atoms with van der Waals surface area (Å²) in [6.45, 7) is 0. The third-order valence-electron chi connectivity index (χ3n) is 6.82. The second-order valence-corrected chi connectivity index (χ2v) is 10.0. The average Bonchev–Trinajstić information content (AvgIpc) is 3.74. The van der Waals surface area contributed by atoms with Gasteiger partial charge in [-0.25, -0.2) is 9.97 Å². The molecule has 0 unspecified atom stereocenters. The van der Waals surface area contributed by atoms with Crippen LogP contribution in [0.15, 0.2) is 48.5 Å². The Morgan fingerprint density at radius 1 is 0.643 bits per heavy atom. The second-order valence-electron chi connectivity index (χ2n) is 10.0. The predicted molar refractivity (Wildman–Crippen MR) is 160 cm³/mol. The molecule has 214 valence electrons. The van der Waals surface area contributed by atoms with Crippen LogP contribution >= 0.6 is 0 Å². The molecule has 3 aromatic rings. The molecule has 0 saturated heterocycles. The van der Waals surface area contributed by atoms with Crippen LogP contribution in [-0.4, -0.2) is 54.8 Å². The first-order valence-corrected chi connectivity index (χ1v) is 13.3. The summed E-state index contributed by atoms with van der Waals surface area (Å²) in [4.78, 5) is 58.8. The van der Waals surface area contributed by atoms with Crippen molar-refractivity contribution in [3.63, 3.8) is 0 Å². The number of nitrogens with zero attached hydrogens (tertiary/aromatic N) is 4. The molecule has 42 heavy (non-hydrogen) atoms. The lowest BCUT2D eigenvalue weighted by molar-refractivity contribution is -0.119. The maximum absolute atomic E-state index is 13.5. The van der Waals surface area contributed by atoms with Gasteiger partial charge in [0.25, 0.3) is 0 Å². The van der Waals surface area contributed by atoms with Crippen LogP contribution in [0.25, 0.3) is 46.4 Å². The molecule has 0 radical (unpaired) electrons. The van der Waals surface area contributed by atoms with Gasteiger partial charge in [0.2, 0.25) is 23.6 Å². The zero-order valence-corrected chi connectivity index (χ0v) is 22.6. The van der Waals surface area contributed by atoms with Gasteiger partial charge in [0.05, 0.1) is 58.3 Å². The fourth-order valence-electron chi connectivity index (χ4n) is 4.70. The summed E-state index contributed by atoms with van der Waals surface area (Å²) in [6, 6.07) is 9.74. The minimum atomic E-state index is -1.04. The van der Waals surface area contributed by atoms with E-state index in [1.807, 2.05) is 0 Å². The quantitative estimate of drug-likeness (QED) is 0.218. The van der Waals surface area contributed by atoms with Crippen molar-refractivity contribution in [3.05, 3.63) is 71.3 Å². The van der Waals surface area contributed by atoms with E-state index >= 15 is 0 Å². The highest BCUT2D eigenvalue weighted by Crippen LogP contribution is 2.22. The number of rotatable bonds is 8. The summed E-state index contributed by atoms with van der Waals surface area (Å²) in [5.41, 5.74) is 26.4. The highest BCUT2D eigenvalue weighted by atomic mass is 16.2. The van der Waals surface area contributed by atoms with E-state index < -0.39 is 35.7 Å². The van der Waals surface area contributed by atoms with E-state index in [1.165, 1.54) is 15.2 Å². The van der Waals surface area contributed by atoms with Crippen molar-refractivity contribution in [2.75, 3.05) is 0 Å². The minimum Gasteiger partial charge on any atom is -0.370 e. The third-order valence-corrected chi connectivity index (χ3v) is 6.82. The predicted octanol–water partition coefficient (Wildman–Crippen LogP) is 2.07. The van der Waals surface area contributed by atoms with Crippen molar-refractivity contribution in [2.45, 2.75) is 37.8 Å². The van der Waals surface area contributed by atoms with Crippen molar-refractivity contribution in [1.82, 2.24) is 19.1 Å². The Balaban J connectivity index is 1.74. The molecule has 3 aromatic heterocycles. The van der Waals surface area contributed by atoms with E-state index in [9.17, 15) is 19.2 Å². The summed E-state index contributed by atoms with van der Waals surface area (Å²) in [5.74, 6) is -2.05. The average molecular weight is 568 g/mol. The van der Waals surface area contributed by atoms with Gasteiger partial charge in [0.15, 0.2) is 0 Å². The van der Waals surface area contributed by atoms with Crippen LogP contribution in [0.3, 0.4) is 0 Å². The van der Waals surface area contributed by atoms with E-state index in [0.29, 0.717) is 39.3 Å². The normalized spacial score (nSPS) is 13.9. The molecule has 8 N–H and O–H groups in total. The largest absolute Gasteiger partial charge is 0.370 e. The minimum absolute atomic E-state index is 0.0290. The molecule has 2 amide bonds. The van der Waals surface area contributed by atoms with Gasteiger partial charge in [-0.3, -0.25) is 28.3 Å². The summed E-state index contributed by atoms with van der Waals surface area (Å²) < 4.78 is 11.4. The lowest BCUT2D eigenvalue weighted by atomic mass is 10.1. The van der Waals surface area contributed by atoms with Gasteiger partial charge in [0.1, 0.15) is 0 Å². The van der Waals surface area contributed by atoms with Crippen LogP contribution in [0.5, 0.6) is 0 Å². The Labute approximate surface area is 241 Å². The Morgan fingerprint density at radius 2 is 1.00 bits per heavy atom. The molecule has 2 atom stereocenters. The number of hydrogen-bond acceptors (Lipinski definition) is 8. The van der Waals surface area contributed by atoms with Crippen molar-refractivity contribution in [3.8, 4) is 0 Å². The molecule has 8 bridgehead atoms. The van der Waals surface area contributed by atoms with Crippen molar-refractivity contribution in [1.29, 1.82) is 0 Å². The Hall–Kier alpha value is -5.20. The van der Waals surface area contributed by atoms with Crippen LogP contribution in [0.2, 0.25) is 0 Å². The van der Waals surface area contributed by atoms with E-state index in [-0.39, 0.29) is 37.2 Å². The van der Waals surface area contributed by atoms with E-state index in [2.05, 4.69) is 9.97 Å². The number of nitrogens with two attached hydrogens (primary N) is 4. The van der Waals surface area contributed by atoms with Crippen LogP contribution < -0.4 is 22.9 Å². The maximum atomic E-state index is 13.5. The lowest BCUT2D eigenvalue weighted by Gasteiger charge is -2.12. The molecule has 0 spiro atoms. The summed E-state index contributed by atoms with van der Waals surface area (Å²) in [6.07, 6.45) is 6.98. The van der Waals surface area contributed by atoms with Crippen LogP contribution in [-0.2, 0) is 9.59 Å². The molecular weight excluding hydrogens is 536 g/mol. The number of carbonyl (C=O) groups is 4. The first kappa shape index (κ1) is 27.0. The Kier molecular flexibility index (Phi) is 7.54. The van der Waals surface area contributed by atoms with Gasteiger partial charge in [-0.2, -0.15) is 0 Å². The monoisotopic (exact) mass is 567 g/mol. The number of carbonyl (C=O) groups excluding carboxylic acids is 4. The Bertz CT molecular complexity index is 1890. The van der Waals surface area contributed by atoms with Crippen LogP contribution in [0.4, 0.5) is 0 Å². The number of aromatic nitrogens is 4. The van der Waals surface area contributed by atoms with Crippen molar-refractivity contribution < 1.29 is 20.5 Å². The zero-order chi connectivity index (χ0) is 30.8. The number of fused-ring (bicyclic) bond motifs is 8. The molecule has 0 aliphatic carbocycles. The SMILES string of the molecule is [2H]c1cc2cc3nc(cc4ccc(cc5nc(cc1n2C(=O)[C@@H](N)CCC(N)=O)C=C5)n4C(=O)[C@@H](N)CCC(N)=O)C=C3. The van der Waals surface area contributed by atoms with Gasteiger partial charge in [-0.05, 0) is 85.7 Å². The molecule has 5 rings (SSSR count). The van der Waals surface area contributed by atoms with Gasteiger partial charge in [-0.1, -0.05) is 0 Å². The zero-order valence-electron chi connectivity index (χ0n) is 23.6. The first-order chi connectivity index (χ1) is 20.5. The summed E-state index contributed by atoms with van der Waals surface area (Å²) in [7, 11) is 0. The maximum Gasteiger partial charge on any atom is 0.248 e. The first-order valence-electron chi connectivity index (χ1n) is 13.8. The fourth-order valence-corrected chi connectivity index (χ4v) is 4.70. The van der Waals surface area contributed by atoms with E-state index in [1.54, 1.807) is 60.7 Å². The highest BCUT2D eigenvalue weighted by molar-refractivity contribution is 5.96. The second kappa shape index (κ2) is 11.7. The smallest absolute Gasteiger partial charge is 0.248 e. The van der Waals surface area contributed by atoms with Crippen molar-refractivity contribution in [2.24, 2.45) is 22.9 Å². The van der Waals surface area contributed by atoms with E-state index in [4.69, 9.17) is 24.3 Å². The Morgan fingerprint density at radius 3 is 1.40 bits per heavy atom.